The van der Waals surface area contributed by atoms with Crippen molar-refractivity contribution in [3.63, 3.8) is 0 Å². The highest BCUT2D eigenvalue weighted by Gasteiger charge is 2.34. The molecule has 0 saturated carbocycles. The van der Waals surface area contributed by atoms with Crippen LogP contribution in [0.5, 0.6) is 0 Å². The van der Waals surface area contributed by atoms with E-state index in [1.807, 2.05) is 0 Å². The first-order valence-electron chi connectivity index (χ1n) is 6.92. The molecule has 108 valence electrons. The van der Waals surface area contributed by atoms with Gasteiger partial charge in [-0.1, -0.05) is 25.5 Å². The van der Waals surface area contributed by atoms with Gasteiger partial charge in [0.1, 0.15) is 6.04 Å². The standard InChI is InChI=1S/C15H20N2O3/c1-2-10-7-8-17(13(9-10)15(19)20)12-6-4-3-5-11(12)14(16)18/h3-6,10,13H,2,7-9H2,1H3,(H2,16,18)(H,19,20). The number of nitrogens with zero attached hydrogens (tertiary/aromatic N) is 1. The number of hydrogen-bond acceptors (Lipinski definition) is 3. The van der Waals surface area contributed by atoms with Gasteiger partial charge in [0.15, 0.2) is 0 Å². The van der Waals surface area contributed by atoms with E-state index in [1.165, 1.54) is 0 Å². The molecule has 2 unspecified atom stereocenters. The molecule has 0 spiro atoms. The second kappa shape index (κ2) is 5.94. The third-order valence-corrected chi connectivity index (χ3v) is 4.05. The molecule has 0 radical (unpaired) electrons. The Balaban J connectivity index is 2.35. The number of anilines is 1. The molecule has 5 nitrogen and oxygen atoms in total. The summed E-state index contributed by atoms with van der Waals surface area (Å²) in [7, 11) is 0. The number of amides is 1. The number of para-hydroxylation sites is 1. The van der Waals surface area contributed by atoms with Gasteiger partial charge in [0.25, 0.3) is 5.91 Å². The van der Waals surface area contributed by atoms with Crippen molar-refractivity contribution in [3.8, 4) is 0 Å². The highest BCUT2D eigenvalue weighted by Crippen LogP contribution is 2.31. The number of nitrogens with two attached hydrogens (primary N) is 1. The first-order chi connectivity index (χ1) is 9.54. The number of carboxylic acid groups (broad SMARTS) is 1. The lowest BCUT2D eigenvalue weighted by atomic mass is 9.88. The van der Waals surface area contributed by atoms with Gasteiger partial charge < -0.3 is 15.7 Å². The fourth-order valence-electron chi connectivity index (χ4n) is 2.86. The number of primary amides is 1. The molecule has 1 amide bonds. The van der Waals surface area contributed by atoms with Gasteiger partial charge in [0.2, 0.25) is 0 Å². The lowest BCUT2D eigenvalue weighted by molar-refractivity contribution is -0.139. The Labute approximate surface area is 118 Å². The molecule has 1 aromatic carbocycles. The van der Waals surface area contributed by atoms with Gasteiger partial charge in [-0.05, 0) is 30.9 Å². The van der Waals surface area contributed by atoms with Gasteiger partial charge in [-0.25, -0.2) is 4.79 Å². The summed E-state index contributed by atoms with van der Waals surface area (Å²) in [5, 5.41) is 9.45. The van der Waals surface area contributed by atoms with Gasteiger partial charge in [0.05, 0.1) is 11.3 Å². The van der Waals surface area contributed by atoms with Gasteiger partial charge in [-0.15, -0.1) is 0 Å². The topological polar surface area (TPSA) is 83.6 Å². The van der Waals surface area contributed by atoms with Crippen LogP contribution in [0.2, 0.25) is 0 Å². The molecular formula is C15H20N2O3. The summed E-state index contributed by atoms with van der Waals surface area (Å²) in [4.78, 5) is 24.8. The second-order valence-electron chi connectivity index (χ2n) is 5.23. The molecule has 2 rings (SSSR count). The van der Waals surface area contributed by atoms with Crippen LogP contribution in [0.1, 0.15) is 36.5 Å². The first kappa shape index (κ1) is 14.4. The zero-order valence-electron chi connectivity index (χ0n) is 11.6. The number of carbonyl (C=O) groups is 2. The molecule has 20 heavy (non-hydrogen) atoms. The average molecular weight is 276 g/mol. The van der Waals surface area contributed by atoms with Crippen LogP contribution in [0, 0.1) is 5.92 Å². The van der Waals surface area contributed by atoms with E-state index in [0.29, 0.717) is 30.1 Å². The van der Waals surface area contributed by atoms with Crippen LogP contribution in [0.4, 0.5) is 5.69 Å². The summed E-state index contributed by atoms with van der Waals surface area (Å²) in [6.07, 6.45) is 2.53. The largest absolute Gasteiger partial charge is 0.480 e. The summed E-state index contributed by atoms with van der Waals surface area (Å²) < 4.78 is 0. The normalized spacial score (nSPS) is 22.6. The van der Waals surface area contributed by atoms with Crippen LogP contribution >= 0.6 is 0 Å². The highest BCUT2D eigenvalue weighted by atomic mass is 16.4. The molecule has 0 bridgehead atoms. The quantitative estimate of drug-likeness (QED) is 0.879. The van der Waals surface area contributed by atoms with Crippen molar-refractivity contribution in [2.24, 2.45) is 11.7 Å². The number of hydrogen-bond donors (Lipinski definition) is 2. The molecular weight excluding hydrogens is 256 g/mol. The molecule has 1 aromatic rings. The van der Waals surface area contributed by atoms with Crippen molar-refractivity contribution in [3.05, 3.63) is 29.8 Å². The Kier molecular flexibility index (Phi) is 4.27. The van der Waals surface area contributed by atoms with Gasteiger partial charge in [-0.2, -0.15) is 0 Å². The summed E-state index contributed by atoms with van der Waals surface area (Å²) in [6.45, 7) is 2.72. The van der Waals surface area contributed by atoms with Crippen LogP contribution in [0.15, 0.2) is 24.3 Å². The zero-order valence-corrected chi connectivity index (χ0v) is 11.6. The van der Waals surface area contributed by atoms with Gasteiger partial charge in [0, 0.05) is 6.54 Å². The Morgan fingerprint density at radius 1 is 1.40 bits per heavy atom. The molecule has 2 atom stereocenters. The molecule has 5 heteroatoms. The number of carbonyl (C=O) groups excluding carboxylic acids is 1. The van der Waals surface area contributed by atoms with E-state index in [9.17, 15) is 14.7 Å². The molecule has 1 fully saturated rings. The molecule has 1 heterocycles. The van der Waals surface area contributed by atoms with Crippen LogP contribution in [-0.4, -0.2) is 29.6 Å². The predicted molar refractivity (Wildman–Crippen MR) is 76.7 cm³/mol. The van der Waals surface area contributed by atoms with E-state index in [1.54, 1.807) is 29.2 Å². The molecule has 1 aliphatic rings. The number of aliphatic carboxylic acids is 1. The smallest absolute Gasteiger partial charge is 0.326 e. The van der Waals surface area contributed by atoms with Crippen molar-refractivity contribution >= 4 is 17.6 Å². The Bertz CT molecular complexity index is 516. The summed E-state index contributed by atoms with van der Waals surface area (Å²) in [5.74, 6) is -0.946. The summed E-state index contributed by atoms with van der Waals surface area (Å²) in [5.41, 5.74) is 6.39. The maximum atomic E-state index is 11.5. The van der Waals surface area contributed by atoms with E-state index >= 15 is 0 Å². The van der Waals surface area contributed by atoms with Gasteiger partial charge >= 0.3 is 5.97 Å². The minimum absolute atomic E-state index is 0.383. The maximum absolute atomic E-state index is 11.5. The molecule has 0 aromatic heterocycles. The Morgan fingerprint density at radius 3 is 2.70 bits per heavy atom. The Morgan fingerprint density at radius 2 is 2.10 bits per heavy atom. The third-order valence-electron chi connectivity index (χ3n) is 4.05. The number of rotatable bonds is 4. The van der Waals surface area contributed by atoms with Gasteiger partial charge in [-0.3, -0.25) is 4.79 Å². The summed E-state index contributed by atoms with van der Waals surface area (Å²) in [6, 6.07) is 6.35. The highest BCUT2D eigenvalue weighted by molar-refractivity contribution is 5.99. The second-order valence-corrected chi connectivity index (χ2v) is 5.23. The molecule has 3 N–H and O–H groups in total. The van der Waals surface area contributed by atoms with E-state index in [-0.39, 0.29) is 0 Å². The van der Waals surface area contributed by atoms with Crippen molar-refractivity contribution in [2.45, 2.75) is 32.2 Å². The molecule has 0 aliphatic carbocycles. The van der Waals surface area contributed by atoms with E-state index in [0.717, 1.165) is 12.8 Å². The van der Waals surface area contributed by atoms with Crippen LogP contribution < -0.4 is 10.6 Å². The average Bonchev–Trinajstić information content (AvgIpc) is 2.46. The van der Waals surface area contributed by atoms with Crippen molar-refractivity contribution < 1.29 is 14.7 Å². The van der Waals surface area contributed by atoms with Crippen LogP contribution in [0.25, 0.3) is 0 Å². The van der Waals surface area contributed by atoms with E-state index < -0.39 is 17.9 Å². The predicted octanol–water partition coefficient (Wildman–Crippen LogP) is 1.87. The van der Waals surface area contributed by atoms with Crippen molar-refractivity contribution in [1.82, 2.24) is 0 Å². The van der Waals surface area contributed by atoms with Crippen molar-refractivity contribution in [1.29, 1.82) is 0 Å². The fraction of sp³-hybridized carbons (Fsp3) is 0.467. The molecule has 1 saturated heterocycles. The third kappa shape index (κ3) is 2.76. The lowest BCUT2D eigenvalue weighted by Crippen LogP contribution is -2.48. The number of benzene rings is 1. The van der Waals surface area contributed by atoms with E-state index in [4.69, 9.17) is 5.73 Å². The SMILES string of the molecule is CCC1CCN(c2ccccc2C(N)=O)C(C(=O)O)C1. The fourth-order valence-corrected chi connectivity index (χ4v) is 2.86. The lowest BCUT2D eigenvalue weighted by Gasteiger charge is -2.39. The maximum Gasteiger partial charge on any atom is 0.326 e. The number of carboxylic acids is 1. The van der Waals surface area contributed by atoms with Crippen LogP contribution in [-0.2, 0) is 4.79 Å². The first-order valence-corrected chi connectivity index (χ1v) is 6.92. The van der Waals surface area contributed by atoms with E-state index in [2.05, 4.69) is 6.92 Å². The monoisotopic (exact) mass is 276 g/mol. The minimum Gasteiger partial charge on any atom is -0.480 e. The summed E-state index contributed by atoms with van der Waals surface area (Å²) >= 11 is 0. The van der Waals surface area contributed by atoms with Crippen molar-refractivity contribution in [2.75, 3.05) is 11.4 Å². The number of piperidine rings is 1. The van der Waals surface area contributed by atoms with Crippen LogP contribution in [0.3, 0.4) is 0 Å². The Hall–Kier alpha value is -2.04. The minimum atomic E-state index is -0.845. The zero-order chi connectivity index (χ0) is 14.7. The molecule has 1 aliphatic heterocycles.